The second kappa shape index (κ2) is 8.00. The number of halogens is 1. The lowest BCUT2D eigenvalue weighted by atomic mass is 10.2. The molecule has 96 valence electrons. The Kier molecular flexibility index (Phi) is 6.54. The van der Waals surface area contributed by atoms with Crippen molar-refractivity contribution in [2.75, 3.05) is 39.3 Å². The van der Waals surface area contributed by atoms with Crippen molar-refractivity contribution in [3.05, 3.63) is 29.6 Å². The maximum Gasteiger partial charge on any atom is 0.125 e. The van der Waals surface area contributed by atoms with Crippen LogP contribution in [0, 0.1) is 5.82 Å². The summed E-state index contributed by atoms with van der Waals surface area (Å²) >= 11 is 0. The van der Waals surface area contributed by atoms with E-state index in [2.05, 4.69) is 0 Å². The molecule has 0 bridgehead atoms. The van der Waals surface area contributed by atoms with Crippen molar-refractivity contribution in [3.8, 4) is 0 Å². The molecule has 0 saturated carbocycles. The van der Waals surface area contributed by atoms with Gasteiger partial charge < -0.3 is 19.9 Å². The van der Waals surface area contributed by atoms with Crippen molar-refractivity contribution in [3.63, 3.8) is 0 Å². The third-order valence-electron chi connectivity index (χ3n) is 2.17. The summed E-state index contributed by atoms with van der Waals surface area (Å²) in [6.07, 6.45) is 0. The average molecular weight is 243 g/mol. The number of ether oxygens (including phenoxy) is 3. The molecule has 0 amide bonds. The molecule has 1 aromatic carbocycles. The van der Waals surface area contributed by atoms with Crippen LogP contribution in [0.5, 0.6) is 0 Å². The van der Waals surface area contributed by atoms with E-state index in [9.17, 15) is 4.39 Å². The van der Waals surface area contributed by atoms with Gasteiger partial charge in [0.25, 0.3) is 0 Å². The fourth-order valence-electron chi connectivity index (χ4n) is 1.24. The summed E-state index contributed by atoms with van der Waals surface area (Å²) in [5.41, 5.74) is 6.82. The van der Waals surface area contributed by atoms with E-state index in [1.54, 1.807) is 13.2 Å². The molecule has 5 heteroatoms. The predicted molar refractivity (Wildman–Crippen MR) is 63.2 cm³/mol. The van der Waals surface area contributed by atoms with Gasteiger partial charge in [-0.2, -0.15) is 0 Å². The zero-order chi connectivity index (χ0) is 12.5. The zero-order valence-corrected chi connectivity index (χ0v) is 9.95. The minimum atomic E-state index is -0.339. The summed E-state index contributed by atoms with van der Waals surface area (Å²) in [5.74, 6) is -0.339. The second-order valence-corrected chi connectivity index (χ2v) is 3.50. The summed E-state index contributed by atoms with van der Waals surface area (Å²) in [5, 5.41) is 0. The first-order chi connectivity index (χ1) is 8.24. The van der Waals surface area contributed by atoms with Crippen LogP contribution in [0.25, 0.3) is 0 Å². The smallest absolute Gasteiger partial charge is 0.125 e. The first kappa shape index (κ1) is 13.9. The van der Waals surface area contributed by atoms with E-state index in [4.69, 9.17) is 19.9 Å². The fourth-order valence-corrected chi connectivity index (χ4v) is 1.24. The zero-order valence-electron chi connectivity index (χ0n) is 9.95. The van der Waals surface area contributed by atoms with Gasteiger partial charge in [0.1, 0.15) is 5.82 Å². The lowest BCUT2D eigenvalue weighted by Crippen LogP contribution is -2.08. The molecule has 0 spiro atoms. The molecule has 0 aliphatic rings. The van der Waals surface area contributed by atoms with Gasteiger partial charge in [0.05, 0.1) is 33.0 Å². The van der Waals surface area contributed by atoms with Gasteiger partial charge in [0.15, 0.2) is 0 Å². The van der Waals surface area contributed by atoms with Crippen molar-refractivity contribution < 1.29 is 18.6 Å². The minimum absolute atomic E-state index is 0.339. The summed E-state index contributed by atoms with van der Waals surface area (Å²) in [4.78, 5) is 0. The van der Waals surface area contributed by atoms with Crippen LogP contribution < -0.4 is 5.73 Å². The van der Waals surface area contributed by atoms with Gasteiger partial charge in [-0.1, -0.05) is 6.07 Å². The maximum absolute atomic E-state index is 12.8. The summed E-state index contributed by atoms with van der Waals surface area (Å²) in [7, 11) is 1.62. The molecule has 2 N–H and O–H groups in total. The molecule has 0 atom stereocenters. The summed E-state index contributed by atoms with van der Waals surface area (Å²) < 4.78 is 28.2. The minimum Gasteiger partial charge on any atom is -0.398 e. The van der Waals surface area contributed by atoms with Crippen LogP contribution in [0.3, 0.4) is 0 Å². The van der Waals surface area contributed by atoms with E-state index in [0.717, 1.165) is 5.56 Å². The molecular formula is C12H18FNO3. The molecule has 0 aliphatic heterocycles. The molecule has 0 aromatic heterocycles. The van der Waals surface area contributed by atoms with Crippen LogP contribution in [0.15, 0.2) is 18.2 Å². The third-order valence-corrected chi connectivity index (χ3v) is 2.17. The number of benzene rings is 1. The number of nitrogens with two attached hydrogens (primary N) is 1. The molecule has 0 aliphatic carbocycles. The summed E-state index contributed by atoms with van der Waals surface area (Å²) in [6, 6.07) is 4.27. The van der Waals surface area contributed by atoms with Crippen molar-refractivity contribution in [1.82, 2.24) is 0 Å². The quantitative estimate of drug-likeness (QED) is 0.556. The van der Waals surface area contributed by atoms with E-state index >= 15 is 0 Å². The van der Waals surface area contributed by atoms with Crippen LogP contribution in [0.1, 0.15) is 5.56 Å². The first-order valence-corrected chi connectivity index (χ1v) is 5.42. The number of hydrogen-bond acceptors (Lipinski definition) is 4. The topological polar surface area (TPSA) is 53.7 Å². The predicted octanol–water partition coefficient (Wildman–Crippen LogP) is 1.59. The van der Waals surface area contributed by atoms with E-state index in [1.807, 2.05) is 0 Å². The molecule has 0 saturated heterocycles. The molecule has 4 nitrogen and oxygen atoms in total. The molecule has 1 rings (SSSR count). The second-order valence-electron chi connectivity index (χ2n) is 3.50. The highest BCUT2D eigenvalue weighted by Gasteiger charge is 2.00. The lowest BCUT2D eigenvalue weighted by molar-refractivity contribution is 0.0201. The molecule has 0 fully saturated rings. The Hall–Kier alpha value is -1.17. The molecule has 1 aromatic rings. The van der Waals surface area contributed by atoms with Gasteiger partial charge >= 0.3 is 0 Å². The van der Waals surface area contributed by atoms with Crippen LogP contribution in [0.2, 0.25) is 0 Å². The Morgan fingerprint density at radius 2 is 1.82 bits per heavy atom. The number of rotatable bonds is 8. The highest BCUT2D eigenvalue weighted by molar-refractivity contribution is 5.46. The first-order valence-electron chi connectivity index (χ1n) is 5.42. The van der Waals surface area contributed by atoms with Gasteiger partial charge in [-0.25, -0.2) is 4.39 Å². The van der Waals surface area contributed by atoms with Gasteiger partial charge in [-0.3, -0.25) is 0 Å². The van der Waals surface area contributed by atoms with Crippen LogP contribution >= 0.6 is 0 Å². The molecule has 0 heterocycles. The monoisotopic (exact) mass is 243 g/mol. The molecule has 0 radical (unpaired) electrons. The maximum atomic E-state index is 12.8. The number of nitrogen functional groups attached to an aromatic ring is 1. The van der Waals surface area contributed by atoms with Crippen LogP contribution in [0.4, 0.5) is 10.1 Å². The Morgan fingerprint density at radius 1 is 1.12 bits per heavy atom. The summed E-state index contributed by atoms with van der Waals surface area (Å²) in [6.45, 7) is 2.47. The van der Waals surface area contributed by atoms with Gasteiger partial charge in [0, 0.05) is 18.4 Å². The van der Waals surface area contributed by atoms with Gasteiger partial charge in [0.2, 0.25) is 0 Å². The lowest BCUT2D eigenvalue weighted by Gasteiger charge is -2.07. The Balaban J connectivity index is 2.14. The van der Waals surface area contributed by atoms with E-state index in [1.165, 1.54) is 12.1 Å². The van der Waals surface area contributed by atoms with Gasteiger partial charge in [-0.15, -0.1) is 0 Å². The standard InChI is InChI=1S/C12H18FNO3/c1-15-4-5-16-6-7-17-9-10-2-3-11(13)8-12(10)14/h2-3,8H,4-7,9,14H2,1H3. The van der Waals surface area contributed by atoms with Crippen molar-refractivity contribution >= 4 is 5.69 Å². The van der Waals surface area contributed by atoms with Crippen molar-refractivity contribution in [1.29, 1.82) is 0 Å². The number of methoxy groups -OCH3 is 1. The average Bonchev–Trinajstić information content (AvgIpc) is 2.30. The van der Waals surface area contributed by atoms with Crippen molar-refractivity contribution in [2.45, 2.75) is 6.61 Å². The SMILES string of the molecule is COCCOCCOCc1ccc(F)cc1N. The highest BCUT2D eigenvalue weighted by atomic mass is 19.1. The van der Waals surface area contributed by atoms with Gasteiger partial charge in [-0.05, 0) is 12.1 Å². The molecule has 17 heavy (non-hydrogen) atoms. The Morgan fingerprint density at radius 3 is 2.53 bits per heavy atom. The van der Waals surface area contributed by atoms with Crippen LogP contribution in [-0.2, 0) is 20.8 Å². The highest BCUT2D eigenvalue weighted by Crippen LogP contribution is 2.14. The Bertz CT molecular complexity index is 334. The van der Waals surface area contributed by atoms with Crippen molar-refractivity contribution in [2.24, 2.45) is 0 Å². The normalized spacial score (nSPS) is 10.7. The molecular weight excluding hydrogens is 225 g/mol. The Labute approximate surface area is 100 Å². The molecule has 0 unspecified atom stereocenters. The van der Waals surface area contributed by atoms with Crippen LogP contribution in [-0.4, -0.2) is 33.5 Å². The number of hydrogen-bond donors (Lipinski definition) is 1. The number of anilines is 1. The third kappa shape index (κ3) is 5.63. The largest absolute Gasteiger partial charge is 0.398 e. The van der Waals surface area contributed by atoms with E-state index < -0.39 is 0 Å². The fraction of sp³-hybridized carbons (Fsp3) is 0.500. The van der Waals surface area contributed by atoms with E-state index in [-0.39, 0.29) is 5.82 Å². The van der Waals surface area contributed by atoms with E-state index in [0.29, 0.717) is 38.7 Å².